The molecule has 0 aromatic rings. The van der Waals surface area contributed by atoms with Gasteiger partial charge in [0, 0.05) is 5.41 Å². The zero-order chi connectivity index (χ0) is 29.8. The highest BCUT2D eigenvalue weighted by Crippen LogP contribution is 2.71. The van der Waals surface area contributed by atoms with Gasteiger partial charge in [-0.2, -0.15) is 0 Å². The third-order valence-corrected chi connectivity index (χ3v) is 16.4. The van der Waals surface area contributed by atoms with Gasteiger partial charge in [-0.15, -0.1) is 0 Å². The fourth-order valence-corrected chi connectivity index (χ4v) is 10.0. The largest absolute Gasteiger partial charge is 0.409 e. The summed E-state index contributed by atoms with van der Waals surface area (Å²) in [6, 6.07) is 0. The minimum absolute atomic E-state index is 0.0767. The summed E-state index contributed by atoms with van der Waals surface area (Å²) in [4.78, 5) is 38.7. The van der Waals surface area contributed by atoms with Crippen molar-refractivity contribution in [2.45, 2.75) is 122 Å². The van der Waals surface area contributed by atoms with Crippen LogP contribution in [0.25, 0.3) is 0 Å². The SMILES string of the molecule is CC1(C)OC2C[C@H]3[C@@H]4CC(F)C5=CC(=O)C(C=O)C[C@]5(C)[C@H]4[C@@H](O)C[C@]3(C)[C@]2(C(=O)CO[Si](C)(C)C(C)(C)C)O1. The molecule has 1 N–H and O–H groups in total. The summed E-state index contributed by atoms with van der Waals surface area (Å²) in [7, 11) is -2.24. The van der Waals surface area contributed by atoms with E-state index in [0.29, 0.717) is 18.3 Å². The van der Waals surface area contributed by atoms with E-state index in [0.717, 1.165) is 0 Å². The topological polar surface area (TPSA) is 99.1 Å². The van der Waals surface area contributed by atoms with Crippen LogP contribution < -0.4 is 0 Å². The number of carbonyl (C=O) groups excluding carboxylic acids is 3. The van der Waals surface area contributed by atoms with Gasteiger partial charge in [-0.1, -0.05) is 34.6 Å². The van der Waals surface area contributed by atoms with Crippen LogP contribution in [-0.4, -0.2) is 67.7 Å². The molecule has 3 unspecified atom stereocenters. The second-order valence-electron chi connectivity index (χ2n) is 15.6. The van der Waals surface area contributed by atoms with Gasteiger partial charge in [-0.05, 0) is 92.5 Å². The summed E-state index contributed by atoms with van der Waals surface area (Å²) in [6.07, 6.45) is 0.340. The molecule has 7 nitrogen and oxygen atoms in total. The van der Waals surface area contributed by atoms with Crippen LogP contribution in [0.4, 0.5) is 4.39 Å². The van der Waals surface area contributed by atoms with Gasteiger partial charge in [-0.25, -0.2) is 4.39 Å². The highest BCUT2D eigenvalue weighted by Gasteiger charge is 2.77. The average molecular weight is 579 g/mol. The van der Waals surface area contributed by atoms with Crippen molar-refractivity contribution in [2.75, 3.05) is 6.61 Å². The Bertz CT molecular complexity index is 1140. The predicted octanol–water partition coefficient (Wildman–Crippen LogP) is 4.95. The van der Waals surface area contributed by atoms with E-state index in [1.165, 1.54) is 6.08 Å². The van der Waals surface area contributed by atoms with E-state index in [9.17, 15) is 19.5 Å². The lowest BCUT2D eigenvalue weighted by atomic mass is 9.44. The summed E-state index contributed by atoms with van der Waals surface area (Å²) in [6.45, 7) is 18.0. The van der Waals surface area contributed by atoms with E-state index in [4.69, 9.17) is 13.9 Å². The van der Waals surface area contributed by atoms with E-state index >= 15 is 4.39 Å². The number of aliphatic hydroxyl groups is 1. The van der Waals surface area contributed by atoms with Crippen LogP contribution in [0.15, 0.2) is 11.6 Å². The van der Waals surface area contributed by atoms with Crippen LogP contribution >= 0.6 is 0 Å². The molecule has 5 rings (SSSR count). The first-order chi connectivity index (χ1) is 18.2. The Hall–Kier alpha value is -1.26. The normalized spacial score (nSPS) is 46.1. The Kier molecular flexibility index (Phi) is 6.88. The zero-order valence-corrected chi connectivity index (χ0v) is 26.5. The number of aliphatic hydroxyl groups excluding tert-OH is 1. The summed E-state index contributed by atoms with van der Waals surface area (Å²) >= 11 is 0. The predicted molar refractivity (Wildman–Crippen MR) is 150 cm³/mol. The van der Waals surface area contributed by atoms with Gasteiger partial charge in [0.25, 0.3) is 0 Å². The van der Waals surface area contributed by atoms with Crippen molar-refractivity contribution in [3.05, 3.63) is 11.6 Å². The summed E-state index contributed by atoms with van der Waals surface area (Å²) in [5.41, 5.74) is -2.57. The lowest BCUT2D eigenvalue weighted by molar-refractivity contribution is -0.229. The molecule has 1 aliphatic heterocycles. The second-order valence-corrected chi connectivity index (χ2v) is 20.4. The number of halogens is 1. The Labute approximate surface area is 238 Å². The number of rotatable bonds is 5. The number of ketones is 2. The maximum atomic E-state index is 15.9. The molecule has 0 radical (unpaired) electrons. The molecular formula is C31H47FO7Si. The summed E-state index contributed by atoms with van der Waals surface area (Å²) in [5, 5.41) is 11.8. The fraction of sp³-hybridized carbons (Fsp3) is 0.839. The maximum Gasteiger partial charge on any atom is 0.192 e. The Morgan fingerprint density at radius 3 is 2.45 bits per heavy atom. The Morgan fingerprint density at radius 2 is 1.85 bits per heavy atom. The molecule has 4 aliphatic carbocycles. The van der Waals surface area contributed by atoms with Crippen molar-refractivity contribution < 1.29 is 37.8 Å². The van der Waals surface area contributed by atoms with Gasteiger partial charge < -0.3 is 23.8 Å². The summed E-state index contributed by atoms with van der Waals surface area (Å²) < 4.78 is 35.4. The van der Waals surface area contributed by atoms with Gasteiger partial charge in [0.1, 0.15) is 12.5 Å². The average Bonchev–Trinajstić information content (AvgIpc) is 3.23. The number of Topliss-reactive ketones (excluding diaryl/α,β-unsaturated/α-hetero) is 1. The molecule has 3 saturated carbocycles. The highest BCUT2D eigenvalue weighted by atomic mass is 28.4. The smallest absolute Gasteiger partial charge is 0.192 e. The van der Waals surface area contributed by atoms with E-state index in [1.807, 2.05) is 27.7 Å². The van der Waals surface area contributed by atoms with Crippen LogP contribution in [0.3, 0.4) is 0 Å². The number of hydrogen-bond acceptors (Lipinski definition) is 7. The third kappa shape index (κ3) is 4.04. The molecule has 0 aromatic carbocycles. The van der Waals surface area contributed by atoms with Gasteiger partial charge in [0.05, 0.1) is 24.7 Å². The lowest BCUT2D eigenvalue weighted by Crippen LogP contribution is -2.65. The molecule has 5 aliphatic rings. The molecule has 4 fully saturated rings. The Balaban J connectivity index is 1.54. The molecule has 0 spiro atoms. The fourth-order valence-electron chi connectivity index (χ4n) is 9.11. The number of aldehydes is 1. The maximum absolute atomic E-state index is 15.9. The van der Waals surface area contributed by atoms with E-state index in [1.54, 1.807) is 0 Å². The van der Waals surface area contributed by atoms with Gasteiger partial charge in [0.15, 0.2) is 31.3 Å². The quantitative estimate of drug-likeness (QED) is 0.280. The number of allylic oxidation sites excluding steroid dienone is 1. The summed E-state index contributed by atoms with van der Waals surface area (Å²) in [5.74, 6) is -3.12. The minimum atomic E-state index is -2.24. The molecular weight excluding hydrogens is 531 g/mol. The van der Waals surface area contributed by atoms with Crippen LogP contribution in [0.2, 0.25) is 18.1 Å². The first kappa shape index (κ1) is 30.2. The van der Waals surface area contributed by atoms with Crippen molar-refractivity contribution >= 4 is 26.2 Å². The van der Waals surface area contributed by atoms with Crippen molar-refractivity contribution in [1.82, 2.24) is 0 Å². The van der Waals surface area contributed by atoms with Crippen molar-refractivity contribution in [2.24, 2.45) is 34.5 Å². The lowest BCUT2D eigenvalue weighted by Gasteiger charge is -2.61. The first-order valence-electron chi connectivity index (χ1n) is 14.8. The highest BCUT2D eigenvalue weighted by molar-refractivity contribution is 6.74. The van der Waals surface area contributed by atoms with E-state index in [-0.39, 0.29) is 60.2 Å². The molecule has 0 amide bonds. The van der Waals surface area contributed by atoms with Gasteiger partial charge in [0.2, 0.25) is 0 Å². The minimum Gasteiger partial charge on any atom is -0.409 e. The second kappa shape index (κ2) is 9.12. The van der Waals surface area contributed by atoms with Crippen LogP contribution in [0.1, 0.15) is 74.1 Å². The first-order valence-corrected chi connectivity index (χ1v) is 17.7. The van der Waals surface area contributed by atoms with Crippen LogP contribution in [0.5, 0.6) is 0 Å². The molecule has 40 heavy (non-hydrogen) atoms. The standard InChI is InChI=1S/C31H47FO7Si/c1-27(2,3)40(8,9)37-16-24(36)31-25(38-28(4,5)39-31)12-19-18-10-21(32)20-11-22(34)17(15-33)13-29(20,6)26(18)23(35)14-30(19,31)7/h11,15,17-19,21,23,25-26,35H,10,12-14,16H2,1-9H3/t17?,18-,19-,21?,23-,25?,26+,29-,30-,31+/m0/s1. The van der Waals surface area contributed by atoms with Crippen molar-refractivity contribution in [1.29, 1.82) is 0 Å². The van der Waals surface area contributed by atoms with E-state index < -0.39 is 54.8 Å². The third-order valence-electron chi connectivity index (χ3n) is 11.9. The van der Waals surface area contributed by atoms with Crippen molar-refractivity contribution in [3.63, 3.8) is 0 Å². The zero-order valence-electron chi connectivity index (χ0n) is 25.5. The van der Waals surface area contributed by atoms with Crippen LogP contribution in [-0.2, 0) is 28.3 Å². The molecule has 10 atom stereocenters. The molecule has 0 bridgehead atoms. The number of carbonyl (C=O) groups is 3. The van der Waals surface area contributed by atoms with E-state index in [2.05, 4.69) is 33.9 Å². The molecule has 224 valence electrons. The monoisotopic (exact) mass is 578 g/mol. The van der Waals surface area contributed by atoms with Crippen molar-refractivity contribution in [3.8, 4) is 0 Å². The number of alkyl halides is 1. The van der Waals surface area contributed by atoms with Gasteiger partial charge >= 0.3 is 0 Å². The molecule has 1 heterocycles. The molecule has 1 saturated heterocycles. The molecule has 9 heteroatoms. The number of fused-ring (bicyclic) bond motifs is 7. The van der Waals surface area contributed by atoms with Crippen LogP contribution in [0, 0.1) is 34.5 Å². The Morgan fingerprint density at radius 1 is 1.20 bits per heavy atom. The van der Waals surface area contributed by atoms with Gasteiger partial charge in [-0.3, -0.25) is 9.59 Å². The number of ether oxygens (including phenoxy) is 2. The molecule has 0 aromatic heterocycles. The number of hydrogen-bond donors (Lipinski definition) is 1.